The Kier molecular flexibility index (Phi) is 7.03. The van der Waals surface area contributed by atoms with Gasteiger partial charge in [0.2, 0.25) is 0 Å². The first-order chi connectivity index (χ1) is 16.6. The average molecular weight is 484 g/mol. The molecule has 5 nitrogen and oxygen atoms in total. The van der Waals surface area contributed by atoms with Crippen LogP contribution in [-0.2, 0) is 21.6 Å². The number of hydrogen-bond acceptors (Lipinski definition) is 5. The van der Waals surface area contributed by atoms with E-state index in [1.165, 1.54) is 24.0 Å². The van der Waals surface area contributed by atoms with Gasteiger partial charge in [0, 0.05) is 27.6 Å². The van der Waals surface area contributed by atoms with E-state index in [4.69, 9.17) is 25.8 Å². The number of rotatable bonds is 9. The molecule has 2 fully saturated rings. The highest BCUT2D eigenvalue weighted by Gasteiger charge is 2.43. The maximum atomic E-state index is 12.1. The number of nitrogens with zero attached hydrogens (tertiary/aromatic N) is 1. The highest BCUT2D eigenvalue weighted by Crippen LogP contribution is 2.47. The summed E-state index contributed by atoms with van der Waals surface area (Å²) >= 11 is 6.50. The van der Waals surface area contributed by atoms with Gasteiger partial charge in [-0.3, -0.25) is 9.69 Å². The number of benzene rings is 2. The minimum atomic E-state index is -0.113. The average Bonchev–Trinajstić information content (AvgIpc) is 3.63. The van der Waals surface area contributed by atoms with Crippen molar-refractivity contribution in [1.82, 2.24) is 4.90 Å². The van der Waals surface area contributed by atoms with Gasteiger partial charge in [-0.1, -0.05) is 43.1 Å². The van der Waals surface area contributed by atoms with E-state index in [0.29, 0.717) is 32.3 Å². The molecule has 182 valence electrons. The molecule has 2 aromatic rings. The van der Waals surface area contributed by atoms with E-state index in [-0.39, 0.29) is 11.4 Å². The van der Waals surface area contributed by atoms with Gasteiger partial charge in [0.15, 0.2) is 0 Å². The summed E-state index contributed by atoms with van der Waals surface area (Å²) < 4.78 is 17.6. The van der Waals surface area contributed by atoms with E-state index in [2.05, 4.69) is 30.0 Å². The maximum absolute atomic E-state index is 12.1. The number of carbonyl (C=O) groups excluding carboxylic acids is 1. The molecule has 5 rings (SSSR count). The summed E-state index contributed by atoms with van der Waals surface area (Å²) in [5, 5.41) is 0.779. The van der Waals surface area contributed by atoms with Gasteiger partial charge in [0.1, 0.15) is 18.1 Å². The van der Waals surface area contributed by atoms with Crippen LogP contribution in [0.4, 0.5) is 0 Å². The molecular formula is C28H34ClNO4. The number of piperidine rings is 1. The van der Waals surface area contributed by atoms with Gasteiger partial charge in [-0.15, -0.1) is 0 Å². The third-order valence-electron chi connectivity index (χ3n) is 7.51. The largest absolute Gasteiger partial charge is 0.492 e. The fraction of sp³-hybridized carbons (Fsp3) is 0.536. The van der Waals surface area contributed by atoms with Crippen LogP contribution in [0, 0.1) is 0 Å². The van der Waals surface area contributed by atoms with Crippen molar-refractivity contribution in [3.8, 4) is 11.5 Å². The number of fused-ring (bicyclic) bond motifs is 2. The molecule has 1 aliphatic carbocycles. The van der Waals surface area contributed by atoms with Crippen molar-refractivity contribution in [3.63, 3.8) is 0 Å². The van der Waals surface area contributed by atoms with Crippen molar-refractivity contribution in [2.45, 2.75) is 63.4 Å². The smallest absolute Gasteiger partial charge is 0.320 e. The summed E-state index contributed by atoms with van der Waals surface area (Å²) in [6.45, 7) is 5.91. The lowest BCUT2D eigenvalue weighted by Gasteiger charge is -2.38. The monoisotopic (exact) mass is 483 g/mol. The lowest BCUT2D eigenvalue weighted by Crippen LogP contribution is -2.45. The number of carbonyl (C=O) groups is 1. The van der Waals surface area contributed by atoms with Gasteiger partial charge < -0.3 is 14.2 Å². The predicted molar refractivity (Wildman–Crippen MR) is 133 cm³/mol. The minimum Gasteiger partial charge on any atom is -0.492 e. The predicted octanol–water partition coefficient (Wildman–Crippen LogP) is 5.87. The molecule has 0 atom stereocenters. The zero-order valence-corrected chi connectivity index (χ0v) is 20.7. The van der Waals surface area contributed by atoms with Crippen LogP contribution in [0.5, 0.6) is 11.5 Å². The standard InChI is InChI=1S/C28H34ClNO4/c1-2-3-15-32-27(31)17-30-13-11-28(12-14-30)19-34-26-16-21(9-10-24(26)28)33-18-23-22(20-7-8-20)5-4-6-25(23)29/h4-6,9-10,16,20H,2-3,7-8,11-15,17-19H2,1H3. The van der Waals surface area contributed by atoms with Crippen molar-refractivity contribution < 1.29 is 19.0 Å². The molecule has 1 saturated heterocycles. The first kappa shape index (κ1) is 23.5. The molecule has 1 saturated carbocycles. The van der Waals surface area contributed by atoms with Gasteiger partial charge >= 0.3 is 5.97 Å². The first-order valence-electron chi connectivity index (χ1n) is 12.6. The Labute approximate surface area is 207 Å². The number of ether oxygens (including phenoxy) is 3. The van der Waals surface area contributed by atoms with Gasteiger partial charge in [-0.05, 0) is 68.8 Å². The lowest BCUT2D eigenvalue weighted by molar-refractivity contribution is -0.145. The Hall–Kier alpha value is -2.24. The normalized spacial score (nSPS) is 19.0. The van der Waals surface area contributed by atoms with Crippen LogP contribution < -0.4 is 9.47 Å². The van der Waals surface area contributed by atoms with E-state index < -0.39 is 0 Å². The number of unbranched alkanes of at least 4 members (excludes halogenated alkanes) is 1. The van der Waals surface area contributed by atoms with E-state index in [1.54, 1.807) is 0 Å². The molecular weight excluding hydrogens is 450 g/mol. The zero-order chi connectivity index (χ0) is 23.5. The second-order valence-corrected chi connectivity index (χ2v) is 10.4. The van der Waals surface area contributed by atoms with E-state index in [1.807, 2.05) is 18.2 Å². The summed E-state index contributed by atoms with van der Waals surface area (Å²) in [4.78, 5) is 14.3. The van der Waals surface area contributed by atoms with Crippen molar-refractivity contribution in [2.24, 2.45) is 0 Å². The van der Waals surface area contributed by atoms with Crippen LogP contribution in [0.25, 0.3) is 0 Å². The Morgan fingerprint density at radius 3 is 2.79 bits per heavy atom. The second kappa shape index (κ2) is 10.2. The van der Waals surface area contributed by atoms with Crippen LogP contribution >= 0.6 is 11.6 Å². The molecule has 0 N–H and O–H groups in total. The lowest BCUT2D eigenvalue weighted by atomic mass is 9.74. The van der Waals surface area contributed by atoms with E-state index in [9.17, 15) is 4.79 Å². The Balaban J connectivity index is 1.19. The first-order valence-corrected chi connectivity index (χ1v) is 13.0. The van der Waals surface area contributed by atoms with E-state index in [0.717, 1.165) is 60.9 Å². The molecule has 0 bridgehead atoms. The number of esters is 1. The summed E-state index contributed by atoms with van der Waals surface area (Å²) in [5.74, 6) is 2.25. The van der Waals surface area contributed by atoms with Crippen LogP contribution in [0.1, 0.15) is 68.1 Å². The quantitative estimate of drug-likeness (QED) is 0.330. The molecule has 3 aliphatic rings. The SMILES string of the molecule is CCCCOC(=O)CN1CCC2(CC1)COc1cc(OCc3c(Cl)cccc3C3CC3)ccc12. The molecule has 1 spiro atoms. The third-order valence-corrected chi connectivity index (χ3v) is 7.86. The van der Waals surface area contributed by atoms with Crippen molar-refractivity contribution >= 4 is 17.6 Å². The Bertz CT molecular complexity index is 1030. The summed E-state index contributed by atoms with van der Waals surface area (Å²) in [7, 11) is 0. The highest BCUT2D eigenvalue weighted by molar-refractivity contribution is 6.31. The topological polar surface area (TPSA) is 48.0 Å². The summed E-state index contributed by atoms with van der Waals surface area (Å²) in [5.41, 5.74) is 3.72. The summed E-state index contributed by atoms with van der Waals surface area (Å²) in [6, 6.07) is 12.4. The second-order valence-electron chi connectivity index (χ2n) is 9.95. The van der Waals surface area contributed by atoms with Gasteiger partial charge in [0.05, 0.1) is 19.8 Å². The number of hydrogen-bond donors (Lipinski definition) is 0. The maximum Gasteiger partial charge on any atom is 0.320 e. The van der Waals surface area contributed by atoms with Gasteiger partial charge in [-0.2, -0.15) is 0 Å². The third kappa shape index (κ3) is 5.06. The highest BCUT2D eigenvalue weighted by atomic mass is 35.5. The number of likely N-dealkylation sites (tertiary alicyclic amines) is 1. The van der Waals surface area contributed by atoms with E-state index >= 15 is 0 Å². The molecule has 0 amide bonds. The molecule has 34 heavy (non-hydrogen) atoms. The Morgan fingerprint density at radius 2 is 2.03 bits per heavy atom. The Morgan fingerprint density at radius 1 is 1.21 bits per heavy atom. The molecule has 0 radical (unpaired) electrons. The molecule has 2 aromatic carbocycles. The fourth-order valence-corrected chi connectivity index (χ4v) is 5.45. The van der Waals surface area contributed by atoms with Crippen LogP contribution in [0.2, 0.25) is 5.02 Å². The van der Waals surface area contributed by atoms with Crippen LogP contribution in [-0.4, -0.2) is 43.7 Å². The van der Waals surface area contributed by atoms with Gasteiger partial charge in [-0.25, -0.2) is 0 Å². The summed E-state index contributed by atoms with van der Waals surface area (Å²) in [6.07, 6.45) is 6.39. The van der Waals surface area contributed by atoms with Crippen LogP contribution in [0.15, 0.2) is 36.4 Å². The number of halogens is 1. The van der Waals surface area contributed by atoms with Crippen molar-refractivity contribution in [3.05, 3.63) is 58.1 Å². The molecule has 6 heteroatoms. The fourth-order valence-electron chi connectivity index (χ4n) is 5.21. The van der Waals surface area contributed by atoms with Crippen molar-refractivity contribution in [1.29, 1.82) is 0 Å². The molecule has 0 aromatic heterocycles. The van der Waals surface area contributed by atoms with Gasteiger partial charge in [0.25, 0.3) is 0 Å². The molecule has 0 unspecified atom stereocenters. The molecule has 2 aliphatic heterocycles. The minimum absolute atomic E-state index is 0.0262. The van der Waals surface area contributed by atoms with Crippen molar-refractivity contribution in [2.75, 3.05) is 32.8 Å². The van der Waals surface area contributed by atoms with Crippen LogP contribution in [0.3, 0.4) is 0 Å². The molecule has 2 heterocycles. The zero-order valence-electron chi connectivity index (χ0n) is 20.0.